The fourth-order valence-electron chi connectivity index (χ4n) is 2.63. The van der Waals surface area contributed by atoms with Crippen LogP contribution in [0.1, 0.15) is 48.9 Å². The number of halogens is 1. The van der Waals surface area contributed by atoms with Crippen molar-refractivity contribution in [2.24, 2.45) is 0 Å². The van der Waals surface area contributed by atoms with Crippen LogP contribution in [-0.2, 0) is 0 Å². The standard InChI is InChI=1S/C16H21BrN2O2S/c1-21-14-9-8-11(10-13(14)17)15(20)19-16(22)18-12-6-4-2-3-5-7-12/h8-10,12H,2-7H2,1H3,(H2,18,19,20,22). The Morgan fingerprint density at radius 2 is 1.95 bits per heavy atom. The average Bonchev–Trinajstić information content (AvgIpc) is 2.75. The molecule has 2 N–H and O–H groups in total. The average molecular weight is 385 g/mol. The van der Waals surface area contributed by atoms with Crippen LogP contribution in [0.2, 0.25) is 0 Å². The molecule has 1 fully saturated rings. The number of methoxy groups -OCH3 is 1. The molecule has 1 aliphatic carbocycles. The zero-order chi connectivity index (χ0) is 15.9. The highest BCUT2D eigenvalue weighted by molar-refractivity contribution is 9.10. The van der Waals surface area contributed by atoms with E-state index in [1.54, 1.807) is 25.3 Å². The molecule has 0 saturated heterocycles. The van der Waals surface area contributed by atoms with Gasteiger partial charge in [0.05, 0.1) is 11.6 Å². The summed E-state index contributed by atoms with van der Waals surface area (Å²) >= 11 is 8.63. The summed E-state index contributed by atoms with van der Waals surface area (Å²) in [5, 5.41) is 6.41. The topological polar surface area (TPSA) is 50.4 Å². The van der Waals surface area contributed by atoms with Crippen molar-refractivity contribution in [2.45, 2.75) is 44.6 Å². The molecule has 0 radical (unpaired) electrons. The zero-order valence-electron chi connectivity index (χ0n) is 12.7. The Hall–Kier alpha value is -1.14. The third-order valence-corrected chi connectivity index (χ3v) is 4.67. The van der Waals surface area contributed by atoms with Crippen molar-refractivity contribution in [3.8, 4) is 5.75 Å². The van der Waals surface area contributed by atoms with Crippen LogP contribution in [0.3, 0.4) is 0 Å². The van der Waals surface area contributed by atoms with Gasteiger partial charge in [0.15, 0.2) is 5.11 Å². The summed E-state index contributed by atoms with van der Waals surface area (Å²) in [6, 6.07) is 5.56. The lowest BCUT2D eigenvalue weighted by molar-refractivity contribution is 0.0976. The summed E-state index contributed by atoms with van der Waals surface area (Å²) in [5.74, 6) is 0.477. The molecule has 0 atom stereocenters. The highest BCUT2D eigenvalue weighted by atomic mass is 79.9. The number of amides is 1. The number of hydrogen-bond acceptors (Lipinski definition) is 3. The lowest BCUT2D eigenvalue weighted by Gasteiger charge is -2.18. The molecule has 120 valence electrons. The van der Waals surface area contributed by atoms with E-state index in [1.807, 2.05) is 0 Å². The van der Waals surface area contributed by atoms with Gasteiger partial charge >= 0.3 is 0 Å². The Labute approximate surface area is 145 Å². The van der Waals surface area contributed by atoms with E-state index in [0.717, 1.165) is 17.3 Å². The predicted octanol–water partition coefficient (Wildman–Crippen LogP) is 3.78. The maximum atomic E-state index is 12.2. The first-order valence-electron chi connectivity index (χ1n) is 7.55. The van der Waals surface area contributed by atoms with E-state index in [1.165, 1.54) is 25.7 Å². The van der Waals surface area contributed by atoms with Gasteiger partial charge in [-0.2, -0.15) is 0 Å². The van der Waals surface area contributed by atoms with E-state index in [4.69, 9.17) is 17.0 Å². The summed E-state index contributed by atoms with van der Waals surface area (Å²) in [4.78, 5) is 12.2. The Balaban J connectivity index is 1.90. The van der Waals surface area contributed by atoms with Gasteiger partial charge in [0.25, 0.3) is 5.91 Å². The van der Waals surface area contributed by atoms with E-state index in [9.17, 15) is 4.79 Å². The molecule has 1 amide bonds. The second-order valence-electron chi connectivity index (χ2n) is 5.47. The van der Waals surface area contributed by atoms with Gasteiger partial charge in [-0.1, -0.05) is 25.7 Å². The van der Waals surface area contributed by atoms with Gasteiger partial charge in [0.1, 0.15) is 5.75 Å². The molecular formula is C16H21BrN2O2S. The first-order valence-corrected chi connectivity index (χ1v) is 8.75. The second kappa shape index (κ2) is 8.48. The molecular weight excluding hydrogens is 364 g/mol. The van der Waals surface area contributed by atoms with Crippen molar-refractivity contribution in [1.82, 2.24) is 10.6 Å². The molecule has 6 heteroatoms. The lowest BCUT2D eigenvalue weighted by Crippen LogP contribution is -2.44. The van der Waals surface area contributed by atoms with Gasteiger partial charge < -0.3 is 10.1 Å². The third kappa shape index (κ3) is 4.95. The Morgan fingerprint density at radius 1 is 1.27 bits per heavy atom. The fourth-order valence-corrected chi connectivity index (χ4v) is 3.43. The van der Waals surface area contributed by atoms with E-state index < -0.39 is 0 Å². The van der Waals surface area contributed by atoms with Gasteiger partial charge in [-0.25, -0.2) is 0 Å². The summed E-state index contributed by atoms with van der Waals surface area (Å²) < 4.78 is 5.90. The number of carbonyl (C=O) groups is 1. The highest BCUT2D eigenvalue weighted by Gasteiger charge is 2.15. The summed E-state index contributed by atoms with van der Waals surface area (Å²) in [7, 11) is 1.59. The van der Waals surface area contributed by atoms with Crippen LogP contribution in [-0.4, -0.2) is 24.2 Å². The van der Waals surface area contributed by atoms with Crippen LogP contribution < -0.4 is 15.4 Å². The summed E-state index contributed by atoms with van der Waals surface area (Å²) in [6.45, 7) is 0. The minimum absolute atomic E-state index is 0.213. The van der Waals surface area contributed by atoms with Crippen molar-refractivity contribution in [2.75, 3.05) is 7.11 Å². The molecule has 1 saturated carbocycles. The highest BCUT2D eigenvalue weighted by Crippen LogP contribution is 2.25. The first kappa shape index (κ1) is 17.2. The minimum atomic E-state index is -0.213. The second-order valence-corrected chi connectivity index (χ2v) is 6.73. The number of benzene rings is 1. The number of thiocarbonyl (C=S) groups is 1. The van der Waals surface area contributed by atoms with Crippen molar-refractivity contribution < 1.29 is 9.53 Å². The number of rotatable bonds is 3. The zero-order valence-corrected chi connectivity index (χ0v) is 15.1. The third-order valence-electron chi connectivity index (χ3n) is 3.83. The molecule has 0 bridgehead atoms. The Morgan fingerprint density at radius 3 is 2.55 bits per heavy atom. The van der Waals surface area contributed by atoms with Gasteiger partial charge in [-0.3, -0.25) is 10.1 Å². The largest absolute Gasteiger partial charge is 0.496 e. The fraction of sp³-hybridized carbons (Fsp3) is 0.500. The van der Waals surface area contributed by atoms with Crippen LogP contribution in [0.4, 0.5) is 0 Å². The number of ether oxygens (including phenoxy) is 1. The molecule has 22 heavy (non-hydrogen) atoms. The van der Waals surface area contributed by atoms with Crippen LogP contribution in [0.5, 0.6) is 5.75 Å². The number of hydrogen-bond donors (Lipinski definition) is 2. The lowest BCUT2D eigenvalue weighted by atomic mass is 10.1. The molecule has 1 aromatic rings. The van der Waals surface area contributed by atoms with E-state index >= 15 is 0 Å². The van der Waals surface area contributed by atoms with Gasteiger partial charge in [0.2, 0.25) is 0 Å². The summed E-state index contributed by atoms with van der Waals surface area (Å²) in [5.41, 5.74) is 0.540. The Kier molecular flexibility index (Phi) is 6.64. The van der Waals surface area contributed by atoms with Crippen LogP contribution in [0.15, 0.2) is 22.7 Å². The smallest absolute Gasteiger partial charge is 0.257 e. The van der Waals surface area contributed by atoms with E-state index in [2.05, 4.69) is 26.6 Å². The molecule has 2 rings (SSSR count). The minimum Gasteiger partial charge on any atom is -0.496 e. The SMILES string of the molecule is COc1ccc(C(=O)NC(=S)NC2CCCCCC2)cc1Br. The Bertz CT molecular complexity index is 543. The van der Waals surface area contributed by atoms with E-state index in [0.29, 0.717) is 22.5 Å². The quantitative estimate of drug-likeness (QED) is 0.614. The van der Waals surface area contributed by atoms with Gasteiger partial charge in [-0.15, -0.1) is 0 Å². The predicted molar refractivity (Wildman–Crippen MR) is 95.4 cm³/mol. The molecule has 0 spiro atoms. The number of carbonyl (C=O) groups excluding carboxylic acids is 1. The van der Waals surface area contributed by atoms with Crippen molar-refractivity contribution in [3.63, 3.8) is 0 Å². The molecule has 0 aliphatic heterocycles. The number of nitrogens with one attached hydrogen (secondary N) is 2. The van der Waals surface area contributed by atoms with Crippen molar-refractivity contribution in [3.05, 3.63) is 28.2 Å². The monoisotopic (exact) mass is 384 g/mol. The van der Waals surface area contributed by atoms with Crippen LogP contribution in [0, 0.1) is 0 Å². The molecule has 4 nitrogen and oxygen atoms in total. The molecule has 1 aliphatic rings. The van der Waals surface area contributed by atoms with Crippen LogP contribution >= 0.6 is 28.1 Å². The first-order chi connectivity index (χ1) is 10.6. The van der Waals surface area contributed by atoms with Gasteiger partial charge in [-0.05, 0) is 59.2 Å². The van der Waals surface area contributed by atoms with Crippen molar-refractivity contribution in [1.29, 1.82) is 0 Å². The normalized spacial score (nSPS) is 15.7. The maximum Gasteiger partial charge on any atom is 0.257 e. The van der Waals surface area contributed by atoms with Crippen molar-refractivity contribution >= 4 is 39.2 Å². The molecule has 0 unspecified atom stereocenters. The van der Waals surface area contributed by atoms with Gasteiger partial charge in [0, 0.05) is 11.6 Å². The van der Waals surface area contributed by atoms with Crippen LogP contribution in [0.25, 0.3) is 0 Å². The maximum absolute atomic E-state index is 12.2. The molecule has 0 heterocycles. The molecule has 0 aromatic heterocycles. The summed E-state index contributed by atoms with van der Waals surface area (Å²) in [6.07, 6.45) is 7.25. The molecule has 1 aromatic carbocycles. The van der Waals surface area contributed by atoms with E-state index in [-0.39, 0.29) is 5.91 Å².